The summed E-state index contributed by atoms with van der Waals surface area (Å²) in [5, 5.41) is 3.23. The van der Waals surface area contributed by atoms with E-state index in [-0.39, 0.29) is 0 Å². The van der Waals surface area contributed by atoms with E-state index in [0.29, 0.717) is 5.88 Å². The molecule has 0 atom stereocenters. The zero-order valence-corrected chi connectivity index (χ0v) is 12.3. The summed E-state index contributed by atoms with van der Waals surface area (Å²) in [7, 11) is 0. The number of anilines is 1. The molecule has 1 heterocycles. The first kappa shape index (κ1) is 15.7. The molecule has 19 heavy (non-hydrogen) atoms. The van der Waals surface area contributed by atoms with Gasteiger partial charge in [0.1, 0.15) is 12.1 Å². The highest BCUT2D eigenvalue weighted by Gasteiger charge is 1.99. The first-order valence-electron chi connectivity index (χ1n) is 7.55. The summed E-state index contributed by atoms with van der Waals surface area (Å²) < 4.78 is 5.64. The number of rotatable bonds is 11. The van der Waals surface area contributed by atoms with Crippen molar-refractivity contribution in [2.75, 3.05) is 18.5 Å². The van der Waals surface area contributed by atoms with Crippen LogP contribution in [0.1, 0.15) is 58.8 Å². The van der Waals surface area contributed by atoms with Crippen molar-refractivity contribution in [3.63, 3.8) is 0 Å². The Labute approximate surface area is 117 Å². The summed E-state index contributed by atoms with van der Waals surface area (Å²) in [6.07, 6.45) is 10.3. The third kappa shape index (κ3) is 7.65. The van der Waals surface area contributed by atoms with Gasteiger partial charge in [0.05, 0.1) is 6.61 Å². The van der Waals surface area contributed by atoms with E-state index in [4.69, 9.17) is 4.74 Å². The molecule has 0 aliphatic heterocycles. The van der Waals surface area contributed by atoms with Crippen LogP contribution in [0, 0.1) is 0 Å². The Balaban J connectivity index is 2.14. The second kappa shape index (κ2) is 10.6. The van der Waals surface area contributed by atoms with Crippen molar-refractivity contribution in [1.82, 2.24) is 9.97 Å². The van der Waals surface area contributed by atoms with Crippen LogP contribution < -0.4 is 10.1 Å². The predicted molar refractivity (Wildman–Crippen MR) is 79.7 cm³/mol. The number of unbranched alkanes of at least 4 members (excludes halogenated alkanes) is 5. The largest absolute Gasteiger partial charge is 0.478 e. The minimum Gasteiger partial charge on any atom is -0.478 e. The predicted octanol–water partition coefficient (Wildman–Crippen LogP) is 4.04. The average Bonchev–Trinajstić information content (AvgIpc) is 2.44. The van der Waals surface area contributed by atoms with Gasteiger partial charge in [0, 0.05) is 12.6 Å². The lowest BCUT2D eigenvalue weighted by Gasteiger charge is -2.07. The molecule has 1 rings (SSSR count). The second-order valence-corrected chi connectivity index (χ2v) is 4.78. The fourth-order valence-corrected chi connectivity index (χ4v) is 1.83. The van der Waals surface area contributed by atoms with E-state index >= 15 is 0 Å². The molecule has 1 N–H and O–H groups in total. The van der Waals surface area contributed by atoms with Gasteiger partial charge in [0.2, 0.25) is 5.88 Å². The lowest BCUT2D eigenvalue weighted by Crippen LogP contribution is -2.04. The van der Waals surface area contributed by atoms with Crippen molar-refractivity contribution < 1.29 is 4.74 Å². The molecule has 1 aromatic heterocycles. The molecule has 0 aromatic carbocycles. The number of aromatic nitrogens is 2. The number of hydrogen-bond acceptors (Lipinski definition) is 4. The van der Waals surface area contributed by atoms with Crippen LogP contribution in [-0.2, 0) is 0 Å². The van der Waals surface area contributed by atoms with Crippen LogP contribution in [0.2, 0.25) is 0 Å². The van der Waals surface area contributed by atoms with Crippen molar-refractivity contribution in [3.8, 4) is 5.88 Å². The van der Waals surface area contributed by atoms with Crippen LogP contribution in [0.15, 0.2) is 12.4 Å². The Morgan fingerprint density at radius 1 is 1.00 bits per heavy atom. The Morgan fingerprint density at radius 3 is 2.58 bits per heavy atom. The summed E-state index contributed by atoms with van der Waals surface area (Å²) in [5.74, 6) is 1.51. The Kier molecular flexibility index (Phi) is 8.77. The standard InChI is InChI=1S/C15H27N3O/c1-3-5-6-7-8-9-11-19-15-12-14(16-10-4-2)17-13-18-15/h12-13H,3-11H2,1-2H3,(H,16,17,18). The molecule has 4 nitrogen and oxygen atoms in total. The van der Waals surface area contributed by atoms with Gasteiger partial charge in [-0.25, -0.2) is 9.97 Å². The molecule has 0 amide bonds. The van der Waals surface area contributed by atoms with Crippen LogP contribution in [0.5, 0.6) is 5.88 Å². The zero-order chi connectivity index (χ0) is 13.8. The fourth-order valence-electron chi connectivity index (χ4n) is 1.83. The molecule has 1 aromatic rings. The van der Waals surface area contributed by atoms with Gasteiger partial charge >= 0.3 is 0 Å². The Hall–Kier alpha value is -1.32. The molecule has 0 aliphatic carbocycles. The van der Waals surface area contributed by atoms with Crippen LogP contribution in [0.25, 0.3) is 0 Å². The normalized spacial score (nSPS) is 10.4. The number of nitrogens with one attached hydrogen (secondary N) is 1. The van der Waals surface area contributed by atoms with Crippen molar-refractivity contribution in [2.24, 2.45) is 0 Å². The number of ether oxygens (including phenoxy) is 1. The third-order valence-corrected chi connectivity index (χ3v) is 2.95. The highest BCUT2D eigenvalue weighted by molar-refractivity contribution is 5.36. The molecule has 0 bridgehead atoms. The molecular formula is C15H27N3O. The smallest absolute Gasteiger partial charge is 0.218 e. The SMILES string of the molecule is CCCCCCCCOc1cc(NCCC)ncn1. The first-order chi connectivity index (χ1) is 9.36. The van der Waals surface area contributed by atoms with Gasteiger partial charge in [-0.3, -0.25) is 0 Å². The highest BCUT2D eigenvalue weighted by atomic mass is 16.5. The van der Waals surface area contributed by atoms with Gasteiger partial charge in [-0.05, 0) is 12.8 Å². The van der Waals surface area contributed by atoms with Gasteiger partial charge < -0.3 is 10.1 Å². The monoisotopic (exact) mass is 265 g/mol. The molecule has 4 heteroatoms. The topological polar surface area (TPSA) is 47.0 Å². The fraction of sp³-hybridized carbons (Fsp3) is 0.733. The number of hydrogen-bond donors (Lipinski definition) is 1. The van der Waals surface area contributed by atoms with Gasteiger partial charge in [0.25, 0.3) is 0 Å². The van der Waals surface area contributed by atoms with E-state index in [0.717, 1.165) is 31.8 Å². The third-order valence-electron chi connectivity index (χ3n) is 2.95. The molecule has 0 fully saturated rings. The van der Waals surface area contributed by atoms with Gasteiger partial charge in [-0.2, -0.15) is 0 Å². The summed E-state index contributed by atoms with van der Waals surface area (Å²) >= 11 is 0. The number of nitrogens with zero attached hydrogens (tertiary/aromatic N) is 2. The zero-order valence-electron chi connectivity index (χ0n) is 12.3. The lowest BCUT2D eigenvalue weighted by atomic mass is 10.1. The van der Waals surface area contributed by atoms with E-state index in [1.54, 1.807) is 6.33 Å². The Morgan fingerprint density at radius 2 is 1.79 bits per heavy atom. The van der Waals surface area contributed by atoms with Gasteiger partial charge in [0.15, 0.2) is 0 Å². The lowest BCUT2D eigenvalue weighted by molar-refractivity contribution is 0.293. The van der Waals surface area contributed by atoms with Crippen molar-refractivity contribution in [2.45, 2.75) is 58.8 Å². The van der Waals surface area contributed by atoms with Gasteiger partial charge in [-0.15, -0.1) is 0 Å². The van der Waals surface area contributed by atoms with Crippen molar-refractivity contribution in [1.29, 1.82) is 0 Å². The van der Waals surface area contributed by atoms with Gasteiger partial charge in [-0.1, -0.05) is 46.0 Å². The molecule has 0 unspecified atom stereocenters. The highest BCUT2D eigenvalue weighted by Crippen LogP contribution is 2.12. The van der Waals surface area contributed by atoms with Crippen LogP contribution in [-0.4, -0.2) is 23.1 Å². The molecule has 0 saturated carbocycles. The summed E-state index contributed by atoms with van der Waals surface area (Å²) in [5.41, 5.74) is 0. The summed E-state index contributed by atoms with van der Waals surface area (Å²) in [6.45, 7) is 6.04. The maximum absolute atomic E-state index is 5.64. The van der Waals surface area contributed by atoms with Crippen LogP contribution in [0.3, 0.4) is 0 Å². The Bertz CT molecular complexity index is 331. The molecule has 0 saturated heterocycles. The van der Waals surface area contributed by atoms with E-state index < -0.39 is 0 Å². The molecule has 0 aliphatic rings. The van der Waals surface area contributed by atoms with E-state index in [1.807, 2.05) is 6.07 Å². The summed E-state index contributed by atoms with van der Waals surface area (Å²) in [4.78, 5) is 8.27. The van der Waals surface area contributed by atoms with E-state index in [1.165, 1.54) is 32.1 Å². The molecule has 0 spiro atoms. The van der Waals surface area contributed by atoms with Crippen LogP contribution in [0.4, 0.5) is 5.82 Å². The molecule has 0 radical (unpaired) electrons. The quantitative estimate of drug-likeness (QED) is 0.613. The van der Waals surface area contributed by atoms with Crippen molar-refractivity contribution >= 4 is 5.82 Å². The first-order valence-corrected chi connectivity index (χ1v) is 7.55. The van der Waals surface area contributed by atoms with Crippen molar-refractivity contribution in [3.05, 3.63) is 12.4 Å². The molecule has 108 valence electrons. The van der Waals surface area contributed by atoms with Crippen LogP contribution >= 0.6 is 0 Å². The summed E-state index contributed by atoms with van der Waals surface area (Å²) in [6, 6.07) is 1.87. The van der Waals surface area contributed by atoms with E-state index in [2.05, 4.69) is 29.1 Å². The minimum atomic E-state index is 0.669. The minimum absolute atomic E-state index is 0.669. The maximum atomic E-state index is 5.64. The maximum Gasteiger partial charge on any atom is 0.218 e. The second-order valence-electron chi connectivity index (χ2n) is 4.78. The molecular weight excluding hydrogens is 238 g/mol. The average molecular weight is 265 g/mol. The van der Waals surface area contributed by atoms with E-state index in [9.17, 15) is 0 Å².